The highest BCUT2D eigenvalue weighted by Crippen LogP contribution is 2.29. The summed E-state index contributed by atoms with van der Waals surface area (Å²) in [5.41, 5.74) is 2.06. The average molecular weight is 481 g/mol. The number of carbonyl (C=O) groups excluding carboxylic acids is 2. The number of hydrogen-bond donors (Lipinski definition) is 0. The quantitative estimate of drug-likeness (QED) is 0.474. The molecule has 1 aliphatic heterocycles. The maximum absolute atomic E-state index is 12.6. The van der Waals surface area contributed by atoms with Gasteiger partial charge in [-0.2, -0.15) is 9.78 Å². The van der Waals surface area contributed by atoms with Crippen LogP contribution in [-0.4, -0.2) is 62.2 Å². The molecule has 9 heteroatoms. The minimum atomic E-state index is -0.611. The molecule has 4 rings (SSSR count). The van der Waals surface area contributed by atoms with Crippen LogP contribution in [0.3, 0.4) is 0 Å². The smallest absolute Gasteiger partial charge is 0.435 e. The standard InChI is InChI=1S/C26H32N4O5/c1-16-21-11-17(8-9-22(21)30(28-16)24(32)35-26(5,6)7)18-10-20(13-27-12-18)33-15-19-14-29(19)23(31)34-25(2,3)4/h8-13,19H,14-15H2,1-7H3/t19-,29?/m0/s1. The third kappa shape index (κ3) is 5.90. The van der Waals surface area contributed by atoms with E-state index in [0.29, 0.717) is 24.4 Å². The molecule has 186 valence electrons. The van der Waals surface area contributed by atoms with E-state index in [0.717, 1.165) is 22.2 Å². The minimum Gasteiger partial charge on any atom is -0.490 e. The van der Waals surface area contributed by atoms with Crippen LogP contribution in [0.15, 0.2) is 36.7 Å². The van der Waals surface area contributed by atoms with Gasteiger partial charge in [0, 0.05) is 23.7 Å². The number of pyridine rings is 1. The Labute approximate surface area is 205 Å². The lowest BCUT2D eigenvalue weighted by Gasteiger charge is -2.20. The summed E-state index contributed by atoms with van der Waals surface area (Å²) in [6, 6.07) is 7.64. The Morgan fingerprint density at radius 3 is 2.34 bits per heavy atom. The number of benzene rings is 1. The molecular formula is C26H32N4O5. The van der Waals surface area contributed by atoms with E-state index in [2.05, 4.69) is 10.1 Å². The van der Waals surface area contributed by atoms with Gasteiger partial charge < -0.3 is 14.2 Å². The number of amides is 1. The third-order valence-electron chi connectivity index (χ3n) is 5.26. The maximum atomic E-state index is 12.6. The second-order valence-corrected chi connectivity index (χ2v) is 10.7. The summed E-state index contributed by atoms with van der Waals surface area (Å²) < 4.78 is 18.1. The van der Waals surface area contributed by atoms with E-state index in [1.54, 1.807) is 17.3 Å². The largest absolute Gasteiger partial charge is 0.490 e. The molecule has 0 saturated carbocycles. The molecule has 0 radical (unpaired) electrons. The monoisotopic (exact) mass is 480 g/mol. The molecule has 0 unspecified atom stereocenters. The predicted octanol–water partition coefficient (Wildman–Crippen LogP) is 5.19. The second-order valence-electron chi connectivity index (χ2n) is 10.7. The Balaban J connectivity index is 1.46. The summed E-state index contributed by atoms with van der Waals surface area (Å²) in [6.45, 7) is 13.8. The Morgan fingerprint density at radius 2 is 1.66 bits per heavy atom. The molecule has 0 N–H and O–H groups in total. The van der Waals surface area contributed by atoms with E-state index < -0.39 is 17.3 Å². The topological polar surface area (TPSA) is 95.6 Å². The summed E-state index contributed by atoms with van der Waals surface area (Å²) in [4.78, 5) is 30.7. The average Bonchev–Trinajstić information content (AvgIpc) is 3.46. The van der Waals surface area contributed by atoms with E-state index in [9.17, 15) is 9.59 Å². The highest BCUT2D eigenvalue weighted by molar-refractivity contribution is 5.92. The van der Waals surface area contributed by atoms with Crippen molar-refractivity contribution in [3.05, 3.63) is 42.4 Å². The number of nitrogens with zero attached hydrogens (tertiary/aromatic N) is 4. The van der Waals surface area contributed by atoms with Gasteiger partial charge in [-0.25, -0.2) is 9.59 Å². The van der Waals surface area contributed by atoms with Crippen LogP contribution in [0.2, 0.25) is 0 Å². The van der Waals surface area contributed by atoms with Crippen molar-refractivity contribution in [2.24, 2.45) is 0 Å². The van der Waals surface area contributed by atoms with Gasteiger partial charge in [-0.05, 0) is 72.2 Å². The van der Waals surface area contributed by atoms with Gasteiger partial charge in [0.25, 0.3) is 0 Å². The molecule has 1 fully saturated rings. The van der Waals surface area contributed by atoms with Gasteiger partial charge in [-0.15, -0.1) is 0 Å². The van der Waals surface area contributed by atoms with Crippen molar-refractivity contribution < 1.29 is 23.8 Å². The number of aromatic nitrogens is 3. The first-order chi connectivity index (χ1) is 16.3. The molecule has 1 saturated heterocycles. The Hall–Kier alpha value is -3.62. The molecule has 0 aliphatic carbocycles. The summed E-state index contributed by atoms with van der Waals surface area (Å²) in [5.74, 6) is 0.611. The molecule has 1 atom stereocenters. The molecule has 35 heavy (non-hydrogen) atoms. The molecular weight excluding hydrogens is 448 g/mol. The van der Waals surface area contributed by atoms with E-state index in [1.165, 1.54) is 4.68 Å². The number of rotatable bonds is 4. The molecule has 0 spiro atoms. The molecule has 2 aromatic heterocycles. The number of hydrogen-bond acceptors (Lipinski definition) is 7. The van der Waals surface area contributed by atoms with E-state index >= 15 is 0 Å². The van der Waals surface area contributed by atoms with Crippen LogP contribution in [0.4, 0.5) is 9.59 Å². The zero-order chi connectivity index (χ0) is 25.5. The molecule has 1 aliphatic rings. The molecule has 0 bridgehead atoms. The number of fused-ring (bicyclic) bond motifs is 1. The molecule has 9 nitrogen and oxygen atoms in total. The fourth-order valence-electron chi connectivity index (χ4n) is 3.61. The van der Waals surface area contributed by atoms with Crippen LogP contribution in [0.1, 0.15) is 47.2 Å². The predicted molar refractivity (Wildman–Crippen MR) is 132 cm³/mol. The second kappa shape index (κ2) is 8.87. The van der Waals surface area contributed by atoms with Crippen molar-refractivity contribution in [1.82, 2.24) is 19.7 Å². The van der Waals surface area contributed by atoms with E-state index in [-0.39, 0.29) is 12.1 Å². The normalized spacial score (nSPS) is 15.7. The minimum absolute atomic E-state index is 0.00815. The zero-order valence-corrected chi connectivity index (χ0v) is 21.3. The van der Waals surface area contributed by atoms with Crippen molar-refractivity contribution in [1.29, 1.82) is 0 Å². The van der Waals surface area contributed by atoms with Gasteiger partial charge in [0.15, 0.2) is 0 Å². The summed E-state index contributed by atoms with van der Waals surface area (Å²) in [5, 5.41) is 5.24. The highest BCUT2D eigenvalue weighted by Gasteiger charge is 2.41. The van der Waals surface area contributed by atoms with Gasteiger partial charge in [0.1, 0.15) is 23.6 Å². The third-order valence-corrected chi connectivity index (χ3v) is 5.26. The first-order valence-electron chi connectivity index (χ1n) is 11.6. The van der Waals surface area contributed by atoms with Crippen LogP contribution in [-0.2, 0) is 9.47 Å². The van der Waals surface area contributed by atoms with Crippen molar-refractivity contribution >= 4 is 23.1 Å². The lowest BCUT2D eigenvalue weighted by molar-refractivity contribution is 0.0397. The molecule has 1 amide bonds. The number of carbonyl (C=O) groups is 2. The molecule has 3 heterocycles. The zero-order valence-electron chi connectivity index (χ0n) is 21.3. The van der Waals surface area contributed by atoms with Gasteiger partial charge in [-0.3, -0.25) is 9.88 Å². The number of ether oxygens (including phenoxy) is 3. The number of aryl methyl sites for hydroxylation is 1. The molecule has 1 aromatic carbocycles. The van der Waals surface area contributed by atoms with Crippen LogP contribution in [0, 0.1) is 6.92 Å². The van der Waals surface area contributed by atoms with Gasteiger partial charge in [0.2, 0.25) is 0 Å². The first-order valence-corrected chi connectivity index (χ1v) is 11.6. The lowest BCUT2D eigenvalue weighted by atomic mass is 10.0. The van der Waals surface area contributed by atoms with Crippen LogP contribution in [0.5, 0.6) is 5.75 Å². The fraction of sp³-hybridized carbons (Fsp3) is 0.462. The molecule has 3 aromatic rings. The van der Waals surface area contributed by atoms with Crippen molar-refractivity contribution in [3.8, 4) is 16.9 Å². The Kier molecular flexibility index (Phi) is 6.21. The van der Waals surface area contributed by atoms with Crippen molar-refractivity contribution in [2.75, 3.05) is 13.2 Å². The van der Waals surface area contributed by atoms with Crippen LogP contribution in [0.25, 0.3) is 22.0 Å². The first kappa shape index (κ1) is 24.5. The van der Waals surface area contributed by atoms with Gasteiger partial charge in [0.05, 0.1) is 23.4 Å². The van der Waals surface area contributed by atoms with E-state index in [1.807, 2.05) is 72.7 Å². The van der Waals surface area contributed by atoms with Gasteiger partial charge >= 0.3 is 12.2 Å². The van der Waals surface area contributed by atoms with Crippen molar-refractivity contribution in [2.45, 2.75) is 65.7 Å². The van der Waals surface area contributed by atoms with Crippen LogP contribution >= 0.6 is 0 Å². The summed E-state index contributed by atoms with van der Waals surface area (Å²) in [6.07, 6.45) is 2.56. The summed E-state index contributed by atoms with van der Waals surface area (Å²) in [7, 11) is 0. The fourth-order valence-corrected chi connectivity index (χ4v) is 3.61. The van der Waals surface area contributed by atoms with E-state index in [4.69, 9.17) is 14.2 Å². The van der Waals surface area contributed by atoms with Crippen molar-refractivity contribution in [3.63, 3.8) is 0 Å². The Morgan fingerprint density at radius 1 is 0.971 bits per heavy atom. The Bertz CT molecular complexity index is 1270. The summed E-state index contributed by atoms with van der Waals surface area (Å²) >= 11 is 0. The van der Waals surface area contributed by atoms with Gasteiger partial charge in [-0.1, -0.05) is 6.07 Å². The maximum Gasteiger partial charge on any atom is 0.435 e. The highest BCUT2D eigenvalue weighted by atomic mass is 16.6. The van der Waals surface area contributed by atoms with Crippen LogP contribution < -0.4 is 4.74 Å². The lowest BCUT2D eigenvalue weighted by Crippen LogP contribution is -2.28. The SMILES string of the molecule is Cc1nn(C(=O)OC(C)(C)C)c2ccc(-c3cncc(OC[C@@H]4CN4C(=O)OC(C)(C)C)c3)cc12.